The number of benzene rings is 1. The van der Waals surface area contributed by atoms with Gasteiger partial charge in [0.1, 0.15) is 11.1 Å². The number of amides is 1. The Bertz CT molecular complexity index is 811. The molecule has 2 aromatic rings. The number of aryl methyl sites for hydroxylation is 3. The molecule has 0 aliphatic carbocycles. The summed E-state index contributed by atoms with van der Waals surface area (Å²) in [5.74, 6) is -0.266. The molecule has 0 unspecified atom stereocenters. The Balaban J connectivity index is 2.12. The first-order valence-corrected chi connectivity index (χ1v) is 8.25. The van der Waals surface area contributed by atoms with Gasteiger partial charge < -0.3 is 5.32 Å². The number of nitrogens with one attached hydrogen (secondary N) is 2. The van der Waals surface area contributed by atoms with Crippen molar-refractivity contribution in [1.29, 1.82) is 5.26 Å². The average molecular weight is 343 g/mol. The van der Waals surface area contributed by atoms with Gasteiger partial charge in [0.15, 0.2) is 5.11 Å². The predicted octanol–water partition coefficient (Wildman–Crippen LogP) is 3.98. The Hall–Kier alpha value is -2.23. The normalized spacial score (nSPS) is 10.0. The minimum Gasteiger partial charge on any atom is -0.323 e. The highest BCUT2D eigenvalue weighted by Crippen LogP contribution is 2.31. The summed E-state index contributed by atoms with van der Waals surface area (Å²) in [6.07, 6.45) is 0. The summed E-state index contributed by atoms with van der Waals surface area (Å²) in [5, 5.41) is 15.7. The fourth-order valence-electron chi connectivity index (χ4n) is 2.27. The van der Waals surface area contributed by atoms with Crippen LogP contribution in [0.25, 0.3) is 0 Å². The summed E-state index contributed by atoms with van der Waals surface area (Å²) in [5.41, 5.74) is 4.10. The van der Waals surface area contributed by atoms with Crippen LogP contribution in [0.5, 0.6) is 0 Å². The molecule has 0 aliphatic heterocycles. The molecule has 0 atom stereocenters. The summed E-state index contributed by atoms with van der Waals surface area (Å²) >= 11 is 6.64. The lowest BCUT2D eigenvalue weighted by Gasteiger charge is -2.09. The maximum atomic E-state index is 12.3. The van der Waals surface area contributed by atoms with Crippen LogP contribution >= 0.6 is 23.6 Å². The molecule has 0 fully saturated rings. The van der Waals surface area contributed by atoms with Gasteiger partial charge in [0.25, 0.3) is 5.91 Å². The molecule has 2 N–H and O–H groups in total. The van der Waals surface area contributed by atoms with E-state index in [1.54, 1.807) is 0 Å². The molecule has 118 valence electrons. The van der Waals surface area contributed by atoms with Crippen LogP contribution in [0.2, 0.25) is 0 Å². The molecule has 0 aliphatic rings. The van der Waals surface area contributed by atoms with Gasteiger partial charge in [-0.3, -0.25) is 10.1 Å². The van der Waals surface area contributed by atoms with Gasteiger partial charge in [-0.2, -0.15) is 5.26 Å². The predicted molar refractivity (Wildman–Crippen MR) is 98.1 cm³/mol. The van der Waals surface area contributed by atoms with Crippen molar-refractivity contribution in [2.24, 2.45) is 0 Å². The molecule has 0 saturated carbocycles. The molecule has 4 nitrogen and oxygen atoms in total. The summed E-state index contributed by atoms with van der Waals surface area (Å²) < 4.78 is 0. The zero-order valence-corrected chi connectivity index (χ0v) is 15.0. The first kappa shape index (κ1) is 17.1. The summed E-state index contributed by atoms with van der Waals surface area (Å²) in [6, 6.07) is 7.79. The molecule has 1 aromatic carbocycles. The minimum absolute atomic E-state index is 0.187. The first-order valence-electron chi connectivity index (χ1n) is 7.02. The molecule has 1 aromatic heterocycles. The Labute approximate surface area is 145 Å². The Morgan fingerprint density at radius 2 is 1.78 bits per heavy atom. The van der Waals surface area contributed by atoms with Crippen molar-refractivity contribution in [3.63, 3.8) is 0 Å². The number of hydrogen-bond acceptors (Lipinski definition) is 4. The van der Waals surface area contributed by atoms with Crippen LogP contribution in [0.4, 0.5) is 5.00 Å². The number of thiocarbonyl (C=S) groups is 1. The molecular weight excluding hydrogens is 326 g/mol. The number of hydrogen-bond donors (Lipinski definition) is 2. The van der Waals surface area contributed by atoms with E-state index >= 15 is 0 Å². The van der Waals surface area contributed by atoms with E-state index in [4.69, 9.17) is 12.2 Å². The summed E-state index contributed by atoms with van der Waals surface area (Å²) in [7, 11) is 0. The van der Waals surface area contributed by atoms with Crippen molar-refractivity contribution < 1.29 is 4.79 Å². The average Bonchev–Trinajstić information content (AvgIpc) is 2.71. The van der Waals surface area contributed by atoms with Crippen LogP contribution in [0, 0.1) is 39.0 Å². The van der Waals surface area contributed by atoms with E-state index in [0.717, 1.165) is 21.6 Å². The van der Waals surface area contributed by atoms with Gasteiger partial charge in [0.05, 0.1) is 5.56 Å². The van der Waals surface area contributed by atoms with E-state index in [0.29, 0.717) is 16.1 Å². The van der Waals surface area contributed by atoms with Crippen LogP contribution in [-0.4, -0.2) is 11.0 Å². The number of thiophene rings is 1. The smallest absolute Gasteiger partial charge is 0.257 e. The minimum atomic E-state index is -0.266. The quantitative estimate of drug-likeness (QED) is 0.810. The number of carbonyl (C=O) groups excluding carboxylic acids is 1. The van der Waals surface area contributed by atoms with Crippen molar-refractivity contribution in [1.82, 2.24) is 5.32 Å². The number of anilines is 1. The van der Waals surface area contributed by atoms with Gasteiger partial charge >= 0.3 is 0 Å². The van der Waals surface area contributed by atoms with Crippen LogP contribution in [-0.2, 0) is 0 Å². The number of carbonyl (C=O) groups is 1. The van der Waals surface area contributed by atoms with Gasteiger partial charge in [-0.15, -0.1) is 11.3 Å². The van der Waals surface area contributed by atoms with Crippen LogP contribution in [0.1, 0.15) is 37.5 Å². The van der Waals surface area contributed by atoms with Crippen LogP contribution in [0.15, 0.2) is 18.2 Å². The van der Waals surface area contributed by atoms with Crippen LogP contribution in [0.3, 0.4) is 0 Å². The topological polar surface area (TPSA) is 64.9 Å². The monoisotopic (exact) mass is 343 g/mol. The van der Waals surface area contributed by atoms with E-state index in [9.17, 15) is 10.1 Å². The van der Waals surface area contributed by atoms with Crippen molar-refractivity contribution in [2.45, 2.75) is 27.7 Å². The second kappa shape index (κ2) is 6.90. The highest BCUT2D eigenvalue weighted by Gasteiger charge is 2.15. The van der Waals surface area contributed by atoms with Crippen LogP contribution < -0.4 is 10.6 Å². The summed E-state index contributed by atoms with van der Waals surface area (Å²) in [4.78, 5) is 13.3. The second-order valence-electron chi connectivity index (χ2n) is 5.38. The van der Waals surface area contributed by atoms with Crippen molar-refractivity contribution in [2.75, 3.05) is 5.32 Å². The Morgan fingerprint density at radius 1 is 1.17 bits per heavy atom. The van der Waals surface area contributed by atoms with Gasteiger partial charge in [-0.05, 0) is 57.6 Å². The third-order valence-electron chi connectivity index (χ3n) is 3.44. The fraction of sp³-hybridized carbons (Fsp3) is 0.235. The van der Waals surface area contributed by atoms with Crippen molar-refractivity contribution >= 4 is 39.6 Å². The fourth-order valence-corrected chi connectivity index (χ4v) is 3.54. The summed E-state index contributed by atoms with van der Waals surface area (Å²) in [6.45, 7) is 7.73. The van der Waals surface area contributed by atoms with E-state index < -0.39 is 0 Å². The highest BCUT2D eigenvalue weighted by atomic mass is 32.1. The molecule has 2 rings (SSSR count). The molecule has 0 radical (unpaired) electrons. The molecule has 0 saturated heterocycles. The van der Waals surface area contributed by atoms with Crippen molar-refractivity contribution in [3.05, 3.63) is 50.9 Å². The van der Waals surface area contributed by atoms with E-state index in [1.165, 1.54) is 11.3 Å². The van der Waals surface area contributed by atoms with Gasteiger partial charge in [-0.1, -0.05) is 17.2 Å². The molecule has 0 bridgehead atoms. The molecule has 1 heterocycles. The number of rotatable bonds is 2. The molecule has 1 amide bonds. The second-order valence-corrected chi connectivity index (χ2v) is 7.02. The maximum absolute atomic E-state index is 12.3. The zero-order valence-electron chi connectivity index (χ0n) is 13.4. The first-order chi connectivity index (χ1) is 10.8. The van der Waals surface area contributed by atoms with Gasteiger partial charge in [0.2, 0.25) is 0 Å². The largest absolute Gasteiger partial charge is 0.323 e. The SMILES string of the molecule is Cc1cc(C)cc(C(=O)NC(=S)Nc2sc(C)c(C)c2C#N)c1. The Morgan fingerprint density at radius 3 is 2.35 bits per heavy atom. The zero-order chi connectivity index (χ0) is 17.1. The maximum Gasteiger partial charge on any atom is 0.257 e. The molecule has 0 spiro atoms. The lowest BCUT2D eigenvalue weighted by molar-refractivity contribution is 0.0977. The standard InChI is InChI=1S/C17H17N3OS2/c1-9-5-10(2)7-13(6-9)15(21)19-17(22)20-16-14(8-18)11(3)12(4)23-16/h5-7H,1-4H3,(H2,19,20,21,22). The van der Waals surface area contributed by atoms with E-state index in [2.05, 4.69) is 16.7 Å². The lowest BCUT2D eigenvalue weighted by Crippen LogP contribution is -2.34. The number of nitriles is 1. The molecular formula is C17H17N3OS2. The van der Waals surface area contributed by atoms with E-state index in [-0.39, 0.29) is 11.0 Å². The van der Waals surface area contributed by atoms with Gasteiger partial charge in [0, 0.05) is 10.4 Å². The molecule has 6 heteroatoms. The third-order valence-corrected chi connectivity index (χ3v) is 4.76. The van der Waals surface area contributed by atoms with Gasteiger partial charge in [-0.25, -0.2) is 0 Å². The molecule has 23 heavy (non-hydrogen) atoms. The number of nitrogens with zero attached hydrogens (tertiary/aromatic N) is 1. The van der Waals surface area contributed by atoms with E-state index in [1.807, 2.05) is 45.9 Å². The highest BCUT2D eigenvalue weighted by molar-refractivity contribution is 7.80. The Kier molecular flexibility index (Phi) is 5.14. The van der Waals surface area contributed by atoms with Crippen molar-refractivity contribution in [3.8, 4) is 6.07 Å². The third kappa shape index (κ3) is 3.95. The lowest BCUT2D eigenvalue weighted by atomic mass is 10.1.